The van der Waals surface area contributed by atoms with Crippen molar-refractivity contribution in [1.29, 1.82) is 0 Å². The molecule has 0 saturated carbocycles. The summed E-state index contributed by atoms with van der Waals surface area (Å²) >= 11 is 0. The van der Waals surface area contributed by atoms with E-state index in [9.17, 15) is 4.79 Å². The van der Waals surface area contributed by atoms with Crippen LogP contribution in [0.3, 0.4) is 0 Å². The Morgan fingerprint density at radius 3 is 3.21 bits per heavy atom. The molecule has 0 aliphatic heterocycles. The third-order valence-electron chi connectivity index (χ3n) is 2.78. The van der Waals surface area contributed by atoms with Gasteiger partial charge in [0.25, 0.3) is 0 Å². The van der Waals surface area contributed by atoms with E-state index in [1.54, 1.807) is 24.0 Å². The number of hydrogen-bond donors (Lipinski definition) is 1. The highest BCUT2D eigenvalue weighted by atomic mass is 16.5. The molecule has 6 heteroatoms. The molecule has 0 saturated heterocycles. The molecule has 0 bridgehead atoms. The normalized spacial score (nSPS) is 10.8. The number of fused-ring (bicyclic) bond motifs is 1. The van der Waals surface area contributed by atoms with Gasteiger partial charge >= 0.3 is 5.97 Å². The molecule has 1 N–H and O–H groups in total. The summed E-state index contributed by atoms with van der Waals surface area (Å²) in [7, 11) is 0. The van der Waals surface area contributed by atoms with Crippen molar-refractivity contribution in [3.8, 4) is 5.69 Å². The lowest BCUT2D eigenvalue weighted by Crippen LogP contribution is -2.03. The fraction of sp³-hybridized carbons (Fsp3) is 0.154. The number of nitrogens with one attached hydrogen (secondary N) is 1. The topological polar surface area (TPSA) is 72.8 Å². The number of ether oxygens (including phenoxy) is 1. The second-order valence-corrected chi connectivity index (χ2v) is 3.96. The van der Waals surface area contributed by atoms with Crippen molar-refractivity contribution in [2.75, 3.05) is 6.61 Å². The summed E-state index contributed by atoms with van der Waals surface area (Å²) in [6, 6.07) is 3.77. The lowest BCUT2D eigenvalue weighted by Gasteiger charge is -2.02. The SMILES string of the molecule is CCOC(=O)c1cnn(-c2ccnc3[nH]ccc23)c1. The molecular weight excluding hydrogens is 244 g/mol. The molecule has 3 aromatic rings. The maximum atomic E-state index is 11.6. The van der Waals surface area contributed by atoms with E-state index < -0.39 is 0 Å². The van der Waals surface area contributed by atoms with Crippen molar-refractivity contribution in [3.05, 3.63) is 42.5 Å². The van der Waals surface area contributed by atoms with E-state index in [2.05, 4.69) is 15.1 Å². The van der Waals surface area contributed by atoms with Crippen LogP contribution in [0.15, 0.2) is 36.9 Å². The van der Waals surface area contributed by atoms with E-state index in [-0.39, 0.29) is 5.97 Å². The van der Waals surface area contributed by atoms with Crippen molar-refractivity contribution in [2.24, 2.45) is 0 Å². The Bertz CT molecular complexity index is 729. The molecule has 19 heavy (non-hydrogen) atoms. The summed E-state index contributed by atoms with van der Waals surface area (Å²) in [6.07, 6.45) is 6.66. The third-order valence-corrected chi connectivity index (χ3v) is 2.78. The standard InChI is InChI=1S/C13H12N4O2/c1-2-19-13(18)9-7-16-17(8-9)11-4-6-15-12-10(11)3-5-14-12/h3-8H,2H2,1H3,(H,14,15). The first-order valence-corrected chi connectivity index (χ1v) is 5.94. The third kappa shape index (κ3) is 1.97. The second kappa shape index (κ2) is 4.56. The Morgan fingerprint density at radius 1 is 1.47 bits per heavy atom. The highest BCUT2D eigenvalue weighted by Gasteiger charge is 2.11. The minimum atomic E-state index is -0.367. The van der Waals surface area contributed by atoms with Gasteiger partial charge in [-0.2, -0.15) is 5.10 Å². The molecule has 0 spiro atoms. The predicted molar refractivity (Wildman–Crippen MR) is 69.2 cm³/mol. The van der Waals surface area contributed by atoms with Gasteiger partial charge in [-0.3, -0.25) is 0 Å². The monoisotopic (exact) mass is 256 g/mol. The van der Waals surface area contributed by atoms with Gasteiger partial charge in [0.2, 0.25) is 0 Å². The first kappa shape index (κ1) is 11.5. The number of carbonyl (C=O) groups is 1. The highest BCUT2D eigenvalue weighted by molar-refractivity contribution is 5.89. The van der Waals surface area contributed by atoms with Crippen LogP contribution in [0.1, 0.15) is 17.3 Å². The molecule has 0 aliphatic carbocycles. The zero-order chi connectivity index (χ0) is 13.2. The van der Waals surface area contributed by atoms with Gasteiger partial charge in [0.1, 0.15) is 5.65 Å². The number of esters is 1. The quantitative estimate of drug-likeness (QED) is 0.727. The van der Waals surface area contributed by atoms with Crippen LogP contribution >= 0.6 is 0 Å². The van der Waals surface area contributed by atoms with E-state index >= 15 is 0 Å². The van der Waals surface area contributed by atoms with E-state index in [1.165, 1.54) is 6.20 Å². The fourth-order valence-electron chi connectivity index (χ4n) is 1.92. The molecule has 3 heterocycles. The summed E-state index contributed by atoms with van der Waals surface area (Å²) in [4.78, 5) is 18.9. The highest BCUT2D eigenvalue weighted by Crippen LogP contribution is 2.19. The number of aromatic amines is 1. The van der Waals surface area contributed by atoms with E-state index in [0.29, 0.717) is 12.2 Å². The molecular formula is C13H12N4O2. The molecule has 0 radical (unpaired) electrons. The lowest BCUT2D eigenvalue weighted by molar-refractivity contribution is 0.0526. The minimum Gasteiger partial charge on any atom is -0.462 e. The predicted octanol–water partition coefficient (Wildman–Crippen LogP) is 1.93. The van der Waals surface area contributed by atoms with Crippen LogP contribution in [0.4, 0.5) is 0 Å². The van der Waals surface area contributed by atoms with Crippen LogP contribution in [-0.4, -0.2) is 32.3 Å². The number of nitrogens with zero attached hydrogens (tertiary/aromatic N) is 3. The van der Waals surface area contributed by atoms with Gasteiger partial charge in [-0.05, 0) is 19.1 Å². The van der Waals surface area contributed by atoms with Crippen LogP contribution in [0.25, 0.3) is 16.7 Å². The Kier molecular flexibility index (Phi) is 2.75. The number of aromatic nitrogens is 4. The van der Waals surface area contributed by atoms with Gasteiger partial charge in [-0.15, -0.1) is 0 Å². The summed E-state index contributed by atoms with van der Waals surface area (Å²) in [5.74, 6) is -0.367. The maximum Gasteiger partial charge on any atom is 0.341 e. The number of rotatable bonds is 3. The summed E-state index contributed by atoms with van der Waals surface area (Å²) < 4.78 is 6.58. The average molecular weight is 256 g/mol. The number of hydrogen-bond acceptors (Lipinski definition) is 4. The largest absolute Gasteiger partial charge is 0.462 e. The first-order chi connectivity index (χ1) is 9.29. The Balaban J connectivity index is 2.03. The fourth-order valence-corrected chi connectivity index (χ4v) is 1.92. The van der Waals surface area contributed by atoms with Gasteiger partial charge in [0, 0.05) is 24.0 Å². The zero-order valence-corrected chi connectivity index (χ0v) is 10.3. The summed E-state index contributed by atoms with van der Waals surface area (Å²) in [5.41, 5.74) is 2.08. The smallest absolute Gasteiger partial charge is 0.341 e. The van der Waals surface area contributed by atoms with Crippen molar-refractivity contribution in [2.45, 2.75) is 6.92 Å². The second-order valence-electron chi connectivity index (χ2n) is 3.96. The van der Waals surface area contributed by atoms with Crippen LogP contribution in [0.5, 0.6) is 0 Å². The number of H-pyrrole nitrogens is 1. The molecule has 0 unspecified atom stereocenters. The van der Waals surface area contributed by atoms with Crippen LogP contribution in [-0.2, 0) is 4.74 Å². The molecule has 0 aromatic carbocycles. The van der Waals surface area contributed by atoms with Crippen LogP contribution in [0.2, 0.25) is 0 Å². The van der Waals surface area contributed by atoms with Crippen molar-refractivity contribution >= 4 is 17.0 Å². The van der Waals surface area contributed by atoms with E-state index in [4.69, 9.17) is 4.74 Å². The van der Waals surface area contributed by atoms with Crippen molar-refractivity contribution in [1.82, 2.24) is 19.7 Å². The Hall–Kier alpha value is -2.63. The van der Waals surface area contributed by atoms with Gasteiger partial charge in [-0.25, -0.2) is 14.5 Å². The molecule has 0 amide bonds. The van der Waals surface area contributed by atoms with Gasteiger partial charge < -0.3 is 9.72 Å². The Labute approximate surface area is 109 Å². The summed E-state index contributed by atoms with van der Waals surface area (Å²) in [5, 5.41) is 5.14. The Morgan fingerprint density at radius 2 is 2.37 bits per heavy atom. The van der Waals surface area contributed by atoms with Crippen LogP contribution < -0.4 is 0 Å². The van der Waals surface area contributed by atoms with Crippen molar-refractivity contribution in [3.63, 3.8) is 0 Å². The lowest BCUT2D eigenvalue weighted by atomic mass is 10.3. The summed E-state index contributed by atoms with van der Waals surface area (Å²) in [6.45, 7) is 2.12. The molecule has 3 rings (SSSR count). The van der Waals surface area contributed by atoms with E-state index in [0.717, 1.165) is 16.7 Å². The van der Waals surface area contributed by atoms with Gasteiger partial charge in [-0.1, -0.05) is 0 Å². The maximum absolute atomic E-state index is 11.6. The van der Waals surface area contributed by atoms with Gasteiger partial charge in [0.05, 0.1) is 24.1 Å². The molecule has 0 aliphatic rings. The number of carbonyl (C=O) groups excluding carboxylic acids is 1. The first-order valence-electron chi connectivity index (χ1n) is 5.94. The van der Waals surface area contributed by atoms with Crippen LogP contribution in [0, 0.1) is 0 Å². The van der Waals surface area contributed by atoms with Crippen molar-refractivity contribution < 1.29 is 9.53 Å². The molecule has 0 atom stereocenters. The number of pyridine rings is 1. The zero-order valence-electron chi connectivity index (χ0n) is 10.3. The van der Waals surface area contributed by atoms with Gasteiger partial charge in [0.15, 0.2) is 0 Å². The molecule has 96 valence electrons. The molecule has 3 aromatic heterocycles. The van der Waals surface area contributed by atoms with E-state index in [1.807, 2.05) is 18.3 Å². The minimum absolute atomic E-state index is 0.349. The molecule has 0 fully saturated rings. The average Bonchev–Trinajstić information content (AvgIpc) is 3.07. The molecule has 6 nitrogen and oxygen atoms in total.